The maximum Gasteiger partial charge on any atom is 0.408 e. The van der Waals surface area contributed by atoms with Crippen LogP contribution in [0.2, 0.25) is 0 Å². The van der Waals surface area contributed by atoms with E-state index in [1.54, 1.807) is 6.20 Å². The summed E-state index contributed by atoms with van der Waals surface area (Å²) >= 11 is 0. The second-order valence-corrected chi connectivity index (χ2v) is 10.0. The number of carbonyl (C=O) groups is 2. The highest BCUT2D eigenvalue weighted by Gasteiger charge is 2.34. The minimum absolute atomic E-state index is 0.0432. The summed E-state index contributed by atoms with van der Waals surface area (Å²) in [5, 5.41) is 2.80. The Labute approximate surface area is 186 Å². The molecule has 1 aromatic rings. The Balaban J connectivity index is 1.60. The lowest BCUT2D eigenvalue weighted by molar-refractivity contribution is -0.135. The topological polar surface area (TPSA) is 74.8 Å². The number of likely N-dealkylation sites (tertiary alicyclic amines) is 2. The first-order valence-electron chi connectivity index (χ1n) is 11.6. The molecular weight excluding hydrogens is 392 g/mol. The highest BCUT2D eigenvalue weighted by atomic mass is 16.6. The van der Waals surface area contributed by atoms with Gasteiger partial charge in [-0.3, -0.25) is 9.78 Å². The van der Waals surface area contributed by atoms with Crippen molar-refractivity contribution in [2.24, 2.45) is 11.8 Å². The van der Waals surface area contributed by atoms with Gasteiger partial charge in [0.15, 0.2) is 0 Å². The molecule has 7 heteroatoms. The number of ether oxygens (including phenoxy) is 1. The van der Waals surface area contributed by atoms with Gasteiger partial charge in [-0.05, 0) is 90.6 Å². The van der Waals surface area contributed by atoms with E-state index in [-0.39, 0.29) is 5.91 Å². The smallest absolute Gasteiger partial charge is 0.408 e. The maximum atomic E-state index is 13.4. The van der Waals surface area contributed by atoms with E-state index in [0.29, 0.717) is 12.3 Å². The van der Waals surface area contributed by atoms with Crippen molar-refractivity contribution in [3.63, 3.8) is 0 Å². The lowest BCUT2D eigenvalue weighted by Crippen LogP contribution is -2.53. The van der Waals surface area contributed by atoms with Crippen LogP contribution in [0.4, 0.5) is 4.79 Å². The van der Waals surface area contributed by atoms with E-state index < -0.39 is 17.7 Å². The van der Waals surface area contributed by atoms with Crippen molar-refractivity contribution < 1.29 is 14.3 Å². The first-order valence-corrected chi connectivity index (χ1v) is 11.6. The van der Waals surface area contributed by atoms with Crippen molar-refractivity contribution in [1.82, 2.24) is 20.1 Å². The van der Waals surface area contributed by atoms with Crippen LogP contribution < -0.4 is 5.32 Å². The second-order valence-electron chi connectivity index (χ2n) is 10.0. The second kappa shape index (κ2) is 10.4. The van der Waals surface area contributed by atoms with Crippen LogP contribution in [-0.2, 0) is 16.0 Å². The summed E-state index contributed by atoms with van der Waals surface area (Å²) in [6.45, 7) is 9.31. The molecule has 7 nitrogen and oxygen atoms in total. The molecule has 1 atom stereocenters. The van der Waals surface area contributed by atoms with Gasteiger partial charge in [0.2, 0.25) is 5.91 Å². The molecule has 172 valence electrons. The van der Waals surface area contributed by atoms with E-state index >= 15 is 0 Å². The summed E-state index contributed by atoms with van der Waals surface area (Å²) in [5.41, 5.74) is 0.160. The number of nitrogens with zero attached hydrogens (tertiary/aromatic N) is 3. The number of aromatic nitrogens is 1. The number of amides is 2. The monoisotopic (exact) mass is 430 g/mol. The van der Waals surface area contributed by atoms with E-state index in [4.69, 9.17) is 4.74 Å². The van der Waals surface area contributed by atoms with Crippen LogP contribution in [0.1, 0.15) is 52.1 Å². The normalized spacial score (nSPS) is 20.3. The summed E-state index contributed by atoms with van der Waals surface area (Å²) in [5.74, 6) is 1.43. The predicted octanol–water partition coefficient (Wildman–Crippen LogP) is 3.10. The molecule has 1 N–H and O–H groups in total. The van der Waals surface area contributed by atoms with E-state index in [1.165, 1.54) is 25.9 Å². The van der Waals surface area contributed by atoms with Crippen molar-refractivity contribution in [2.45, 2.75) is 64.5 Å². The van der Waals surface area contributed by atoms with Crippen LogP contribution in [0.15, 0.2) is 24.4 Å². The van der Waals surface area contributed by atoms with Crippen LogP contribution in [0.5, 0.6) is 0 Å². The lowest BCUT2D eigenvalue weighted by Gasteiger charge is -2.40. The van der Waals surface area contributed by atoms with Gasteiger partial charge in [-0.2, -0.15) is 0 Å². The molecule has 0 aliphatic carbocycles. The van der Waals surface area contributed by atoms with Crippen molar-refractivity contribution in [3.8, 4) is 0 Å². The highest BCUT2D eigenvalue weighted by molar-refractivity contribution is 5.86. The highest BCUT2D eigenvalue weighted by Crippen LogP contribution is 2.32. The quantitative estimate of drug-likeness (QED) is 0.777. The van der Waals surface area contributed by atoms with Crippen molar-refractivity contribution in [3.05, 3.63) is 30.1 Å². The van der Waals surface area contributed by atoms with Gasteiger partial charge in [-0.25, -0.2) is 4.79 Å². The Bertz CT molecular complexity index is 718. The van der Waals surface area contributed by atoms with Gasteiger partial charge < -0.3 is 19.9 Å². The number of piperidine rings is 2. The summed E-state index contributed by atoms with van der Waals surface area (Å²) in [4.78, 5) is 34.4. The van der Waals surface area contributed by atoms with Gasteiger partial charge in [-0.1, -0.05) is 6.07 Å². The fourth-order valence-electron chi connectivity index (χ4n) is 4.69. The Morgan fingerprint density at radius 3 is 2.26 bits per heavy atom. The number of nitrogens with one attached hydrogen (secondary N) is 1. The molecule has 0 saturated carbocycles. The average molecular weight is 431 g/mol. The molecule has 1 aromatic heterocycles. The maximum absolute atomic E-state index is 13.4. The fraction of sp³-hybridized carbons (Fsp3) is 0.708. The standard InChI is InChI=1S/C24H38N4O3/c1-24(2,3)31-23(30)26-21(17-20-7-5-6-12-25-20)22(29)28-15-10-19(11-16-28)18-8-13-27(4)14-9-18/h5-7,12,18-19,21H,8-11,13-17H2,1-4H3,(H,26,30)/t21-/m0/s1. The molecule has 31 heavy (non-hydrogen) atoms. The zero-order valence-electron chi connectivity index (χ0n) is 19.5. The molecule has 3 rings (SSSR count). The van der Waals surface area contributed by atoms with Gasteiger partial charge in [0.1, 0.15) is 11.6 Å². The summed E-state index contributed by atoms with van der Waals surface area (Å²) in [6.07, 6.45) is 6.11. The van der Waals surface area contributed by atoms with Crippen molar-refractivity contribution in [1.29, 1.82) is 0 Å². The minimum atomic E-state index is -0.676. The Hall–Kier alpha value is -2.15. The number of carbonyl (C=O) groups excluding carboxylic acids is 2. The van der Waals surface area contributed by atoms with Crippen LogP contribution >= 0.6 is 0 Å². The number of hydrogen-bond acceptors (Lipinski definition) is 5. The summed E-state index contributed by atoms with van der Waals surface area (Å²) in [6, 6.07) is 4.94. The van der Waals surface area contributed by atoms with E-state index in [9.17, 15) is 9.59 Å². The van der Waals surface area contributed by atoms with Crippen LogP contribution in [-0.4, -0.2) is 71.7 Å². The third-order valence-corrected chi connectivity index (χ3v) is 6.41. The van der Waals surface area contributed by atoms with Gasteiger partial charge >= 0.3 is 6.09 Å². The van der Waals surface area contributed by atoms with Gasteiger partial charge in [0, 0.05) is 31.4 Å². The molecule has 2 fully saturated rings. The Morgan fingerprint density at radius 1 is 1.10 bits per heavy atom. The molecular formula is C24H38N4O3. The van der Waals surface area contributed by atoms with Crippen LogP contribution in [0, 0.1) is 11.8 Å². The predicted molar refractivity (Wildman–Crippen MR) is 121 cm³/mol. The van der Waals surface area contributed by atoms with Gasteiger partial charge in [-0.15, -0.1) is 0 Å². The number of rotatable bonds is 5. The molecule has 0 unspecified atom stereocenters. The number of alkyl carbamates (subject to hydrolysis) is 1. The Morgan fingerprint density at radius 2 is 1.71 bits per heavy atom. The summed E-state index contributed by atoms with van der Waals surface area (Å²) in [7, 11) is 2.19. The molecule has 2 amide bonds. The summed E-state index contributed by atoms with van der Waals surface area (Å²) < 4.78 is 5.40. The SMILES string of the molecule is CN1CCC(C2CCN(C(=O)[C@H](Cc3ccccn3)NC(=O)OC(C)(C)C)CC2)CC1. The average Bonchev–Trinajstić information content (AvgIpc) is 2.73. The van der Waals surface area contributed by atoms with Gasteiger partial charge in [0.05, 0.1) is 0 Å². The third kappa shape index (κ3) is 7.20. The Kier molecular flexibility index (Phi) is 7.92. The molecule has 0 aromatic carbocycles. The molecule has 0 radical (unpaired) electrons. The van der Waals surface area contributed by atoms with E-state index in [1.807, 2.05) is 43.9 Å². The third-order valence-electron chi connectivity index (χ3n) is 6.41. The van der Waals surface area contributed by atoms with Gasteiger partial charge in [0.25, 0.3) is 0 Å². The molecule has 2 aliphatic rings. The van der Waals surface area contributed by atoms with E-state index in [0.717, 1.165) is 37.5 Å². The van der Waals surface area contributed by atoms with Crippen LogP contribution in [0.3, 0.4) is 0 Å². The number of pyridine rings is 1. The molecule has 2 aliphatic heterocycles. The first kappa shape index (κ1) is 23.5. The molecule has 0 spiro atoms. The molecule has 0 bridgehead atoms. The fourth-order valence-corrected chi connectivity index (χ4v) is 4.69. The zero-order chi connectivity index (χ0) is 22.4. The van der Waals surface area contributed by atoms with E-state index in [2.05, 4.69) is 22.2 Å². The lowest BCUT2D eigenvalue weighted by atomic mass is 9.79. The minimum Gasteiger partial charge on any atom is -0.444 e. The first-order chi connectivity index (χ1) is 14.7. The van der Waals surface area contributed by atoms with Crippen molar-refractivity contribution in [2.75, 3.05) is 33.2 Å². The van der Waals surface area contributed by atoms with Crippen molar-refractivity contribution >= 4 is 12.0 Å². The van der Waals surface area contributed by atoms with Crippen LogP contribution in [0.25, 0.3) is 0 Å². The zero-order valence-corrected chi connectivity index (χ0v) is 19.5. The molecule has 3 heterocycles. The molecule has 2 saturated heterocycles. The number of hydrogen-bond donors (Lipinski definition) is 1. The largest absolute Gasteiger partial charge is 0.444 e.